The molecule has 0 spiro atoms. The molecule has 1 aliphatic rings. The molecule has 0 atom stereocenters. The van der Waals surface area contributed by atoms with Crippen LogP contribution in [0.2, 0.25) is 0 Å². The quantitative estimate of drug-likeness (QED) is 0.779. The maximum absolute atomic E-state index is 11.8. The first-order valence-electron chi connectivity index (χ1n) is 5.18. The van der Waals surface area contributed by atoms with Gasteiger partial charge in [-0.25, -0.2) is 4.72 Å². The first-order valence-corrected chi connectivity index (χ1v) is 7.74. The van der Waals surface area contributed by atoms with E-state index in [1.165, 1.54) is 4.31 Å². The molecule has 0 bridgehead atoms. The Morgan fingerprint density at radius 3 is 2.33 bits per heavy atom. The molecule has 1 saturated heterocycles. The van der Waals surface area contributed by atoms with Gasteiger partial charge >= 0.3 is 0 Å². The number of nitrogens with zero attached hydrogens (tertiary/aromatic N) is 1. The summed E-state index contributed by atoms with van der Waals surface area (Å²) in [5.41, 5.74) is -0.0488. The predicted molar refractivity (Wildman–Crippen MR) is 65.3 cm³/mol. The Balaban J connectivity index is 2.50. The van der Waals surface area contributed by atoms with Crippen molar-refractivity contribution in [2.75, 3.05) is 25.0 Å². The molecule has 1 fully saturated rings. The summed E-state index contributed by atoms with van der Waals surface area (Å²) in [6.45, 7) is 5.83. The van der Waals surface area contributed by atoms with Crippen LogP contribution in [0.1, 0.15) is 26.7 Å². The SMILES string of the molecule is CC(C)(CBr)CNS(=O)(=O)N1CCCC1. The highest BCUT2D eigenvalue weighted by molar-refractivity contribution is 9.09. The van der Waals surface area contributed by atoms with Crippen molar-refractivity contribution in [2.45, 2.75) is 26.7 Å². The zero-order valence-electron chi connectivity index (χ0n) is 9.29. The fraction of sp³-hybridized carbons (Fsp3) is 1.00. The number of rotatable bonds is 5. The van der Waals surface area contributed by atoms with Gasteiger partial charge in [-0.05, 0) is 18.3 Å². The number of hydrogen-bond acceptors (Lipinski definition) is 2. The van der Waals surface area contributed by atoms with Crippen molar-refractivity contribution in [2.24, 2.45) is 5.41 Å². The summed E-state index contributed by atoms with van der Waals surface area (Å²) in [5, 5.41) is 0.780. The molecular formula is C9H19BrN2O2S. The molecule has 90 valence electrons. The van der Waals surface area contributed by atoms with Crippen LogP contribution in [0.5, 0.6) is 0 Å². The molecule has 4 nitrogen and oxygen atoms in total. The molecule has 0 saturated carbocycles. The molecular weight excluding hydrogens is 280 g/mol. The Hall–Kier alpha value is 0.350. The van der Waals surface area contributed by atoms with Crippen LogP contribution < -0.4 is 4.72 Å². The lowest BCUT2D eigenvalue weighted by Gasteiger charge is -2.24. The van der Waals surface area contributed by atoms with Gasteiger partial charge in [0.1, 0.15) is 0 Å². The molecule has 1 N–H and O–H groups in total. The van der Waals surface area contributed by atoms with Gasteiger partial charge in [-0.1, -0.05) is 29.8 Å². The van der Waals surface area contributed by atoms with Crippen LogP contribution in [-0.4, -0.2) is 37.7 Å². The number of hydrogen-bond donors (Lipinski definition) is 1. The lowest BCUT2D eigenvalue weighted by Crippen LogP contribution is -2.43. The molecule has 6 heteroatoms. The van der Waals surface area contributed by atoms with Crippen molar-refractivity contribution in [3.8, 4) is 0 Å². The molecule has 0 aromatic rings. The van der Waals surface area contributed by atoms with E-state index in [2.05, 4.69) is 20.7 Å². The number of halogens is 1. The van der Waals surface area contributed by atoms with Crippen LogP contribution in [0, 0.1) is 5.41 Å². The standard InChI is InChI=1S/C9H19BrN2O2S/c1-9(2,7-10)8-11-15(13,14)12-5-3-4-6-12/h11H,3-8H2,1-2H3. The summed E-state index contributed by atoms with van der Waals surface area (Å²) in [6, 6.07) is 0. The highest BCUT2D eigenvalue weighted by Gasteiger charge is 2.27. The summed E-state index contributed by atoms with van der Waals surface area (Å²) in [4.78, 5) is 0. The van der Waals surface area contributed by atoms with Gasteiger partial charge in [0.15, 0.2) is 0 Å². The summed E-state index contributed by atoms with van der Waals surface area (Å²) >= 11 is 3.37. The van der Waals surface area contributed by atoms with E-state index in [-0.39, 0.29) is 5.41 Å². The Morgan fingerprint density at radius 2 is 1.87 bits per heavy atom. The molecule has 0 aromatic heterocycles. The van der Waals surface area contributed by atoms with Crippen molar-refractivity contribution in [1.82, 2.24) is 9.03 Å². The second-order valence-corrected chi connectivity index (χ2v) is 7.05. The molecule has 0 unspecified atom stereocenters. The fourth-order valence-electron chi connectivity index (χ4n) is 1.35. The first kappa shape index (κ1) is 13.4. The minimum absolute atomic E-state index is 0.0488. The van der Waals surface area contributed by atoms with E-state index in [1.54, 1.807) is 0 Å². The van der Waals surface area contributed by atoms with Gasteiger partial charge in [-0.2, -0.15) is 12.7 Å². The third-order valence-corrected chi connectivity index (χ3v) is 5.57. The van der Waals surface area contributed by atoms with Crippen LogP contribution >= 0.6 is 15.9 Å². The molecule has 0 aliphatic carbocycles. The highest BCUT2D eigenvalue weighted by Crippen LogP contribution is 2.18. The molecule has 0 radical (unpaired) electrons. The number of alkyl halides is 1. The summed E-state index contributed by atoms with van der Waals surface area (Å²) in [6.07, 6.45) is 1.95. The monoisotopic (exact) mass is 298 g/mol. The maximum atomic E-state index is 11.8. The summed E-state index contributed by atoms with van der Waals surface area (Å²) in [5.74, 6) is 0. The van der Waals surface area contributed by atoms with Crippen molar-refractivity contribution < 1.29 is 8.42 Å². The minimum Gasteiger partial charge on any atom is -0.202 e. The van der Waals surface area contributed by atoms with Gasteiger partial charge in [-0.15, -0.1) is 0 Å². The lowest BCUT2D eigenvalue weighted by molar-refractivity contribution is 0.402. The zero-order chi connectivity index (χ0) is 11.5. The smallest absolute Gasteiger partial charge is 0.202 e. The maximum Gasteiger partial charge on any atom is 0.279 e. The van der Waals surface area contributed by atoms with Crippen LogP contribution in [0.15, 0.2) is 0 Å². The van der Waals surface area contributed by atoms with E-state index in [0.717, 1.165) is 18.2 Å². The molecule has 15 heavy (non-hydrogen) atoms. The topological polar surface area (TPSA) is 49.4 Å². The summed E-state index contributed by atoms with van der Waals surface area (Å²) in [7, 11) is -3.24. The van der Waals surface area contributed by atoms with Crippen LogP contribution in [0.25, 0.3) is 0 Å². The Bertz CT molecular complexity index is 297. The average molecular weight is 299 g/mol. The van der Waals surface area contributed by atoms with Gasteiger partial charge in [0, 0.05) is 25.0 Å². The predicted octanol–water partition coefficient (Wildman–Crippen LogP) is 1.34. The Kier molecular flexibility index (Phi) is 4.58. The van der Waals surface area contributed by atoms with E-state index >= 15 is 0 Å². The van der Waals surface area contributed by atoms with Gasteiger partial charge < -0.3 is 0 Å². The second-order valence-electron chi connectivity index (χ2n) is 4.73. The van der Waals surface area contributed by atoms with Crippen LogP contribution in [0.3, 0.4) is 0 Å². The van der Waals surface area contributed by atoms with Gasteiger partial charge in [0.25, 0.3) is 10.2 Å². The average Bonchev–Trinajstić information content (AvgIpc) is 2.69. The summed E-state index contributed by atoms with van der Waals surface area (Å²) < 4.78 is 27.8. The largest absolute Gasteiger partial charge is 0.279 e. The third kappa shape index (κ3) is 4.01. The van der Waals surface area contributed by atoms with Crippen molar-refractivity contribution in [3.63, 3.8) is 0 Å². The molecule has 1 rings (SSSR count). The van der Waals surface area contributed by atoms with Crippen molar-refractivity contribution >= 4 is 26.1 Å². The van der Waals surface area contributed by atoms with Gasteiger partial charge in [0.2, 0.25) is 0 Å². The normalized spacial score (nSPS) is 19.7. The van der Waals surface area contributed by atoms with E-state index in [0.29, 0.717) is 19.6 Å². The number of nitrogens with one attached hydrogen (secondary N) is 1. The molecule has 1 aliphatic heterocycles. The second kappa shape index (κ2) is 5.12. The molecule has 0 amide bonds. The zero-order valence-corrected chi connectivity index (χ0v) is 11.7. The first-order chi connectivity index (χ1) is 6.87. The van der Waals surface area contributed by atoms with Crippen molar-refractivity contribution in [1.29, 1.82) is 0 Å². The molecule has 1 heterocycles. The van der Waals surface area contributed by atoms with Crippen LogP contribution in [-0.2, 0) is 10.2 Å². The van der Waals surface area contributed by atoms with Gasteiger partial charge in [-0.3, -0.25) is 0 Å². The third-order valence-electron chi connectivity index (χ3n) is 2.50. The Labute approximate surface area is 101 Å². The van der Waals surface area contributed by atoms with Gasteiger partial charge in [0.05, 0.1) is 0 Å². The Morgan fingerprint density at radius 1 is 1.33 bits per heavy atom. The highest BCUT2D eigenvalue weighted by atomic mass is 79.9. The lowest BCUT2D eigenvalue weighted by atomic mass is 9.98. The van der Waals surface area contributed by atoms with E-state index in [4.69, 9.17) is 0 Å². The molecule has 0 aromatic carbocycles. The van der Waals surface area contributed by atoms with Crippen molar-refractivity contribution in [3.05, 3.63) is 0 Å². The van der Waals surface area contributed by atoms with E-state index in [9.17, 15) is 8.42 Å². The fourth-order valence-corrected chi connectivity index (χ4v) is 3.05. The van der Waals surface area contributed by atoms with Crippen LogP contribution in [0.4, 0.5) is 0 Å². The van der Waals surface area contributed by atoms with E-state index < -0.39 is 10.2 Å². The van der Waals surface area contributed by atoms with E-state index in [1.807, 2.05) is 13.8 Å². The minimum atomic E-state index is -3.24.